The van der Waals surface area contributed by atoms with E-state index in [0.29, 0.717) is 38.6 Å². The molecule has 4 heterocycles. The number of nitrogens with zero attached hydrogens (tertiary/aromatic N) is 6. The lowest BCUT2D eigenvalue weighted by Crippen LogP contribution is -2.49. The number of rotatable bonds is 4. The van der Waals surface area contributed by atoms with Crippen molar-refractivity contribution in [3.05, 3.63) is 41.2 Å². The average Bonchev–Trinajstić information content (AvgIpc) is 3.14. The summed E-state index contributed by atoms with van der Waals surface area (Å²) in [5.41, 5.74) is 2.55. The maximum Gasteiger partial charge on any atom is 0.415 e. The van der Waals surface area contributed by atoms with Gasteiger partial charge < -0.3 is 14.5 Å². The van der Waals surface area contributed by atoms with E-state index in [0.717, 1.165) is 23.4 Å². The number of carbonyl (C=O) groups excluding carboxylic acids is 2. The van der Waals surface area contributed by atoms with Crippen molar-refractivity contribution in [3.8, 4) is 0 Å². The molecule has 2 saturated heterocycles. The molecule has 0 radical (unpaired) electrons. The standard InChI is InChI=1S/C21H26N6O3/c1-4-16-13-30-21(29)27(16)18-6-5-17(23-24-18)20(28)26-9-7-25(8-10-26)19-15(3)11-14(2)12-22-19/h5-6,11-12,16H,4,7-10,13H2,1-3H3/t16-/m1/s1. The fourth-order valence-corrected chi connectivity index (χ4v) is 3.93. The highest BCUT2D eigenvalue weighted by molar-refractivity contribution is 5.93. The third-order valence-electron chi connectivity index (χ3n) is 5.60. The molecule has 0 saturated carbocycles. The second-order valence-electron chi connectivity index (χ2n) is 7.72. The Balaban J connectivity index is 1.40. The summed E-state index contributed by atoms with van der Waals surface area (Å²) in [4.78, 5) is 34.8. The quantitative estimate of drug-likeness (QED) is 0.763. The number of pyridine rings is 1. The molecule has 9 heteroatoms. The van der Waals surface area contributed by atoms with Crippen LogP contribution in [0.2, 0.25) is 0 Å². The van der Waals surface area contributed by atoms with Crippen molar-refractivity contribution >= 4 is 23.6 Å². The molecule has 0 spiro atoms. The summed E-state index contributed by atoms with van der Waals surface area (Å²) in [7, 11) is 0. The van der Waals surface area contributed by atoms with Crippen molar-refractivity contribution in [2.75, 3.05) is 42.6 Å². The molecule has 2 aromatic heterocycles. The van der Waals surface area contributed by atoms with E-state index in [2.05, 4.69) is 33.1 Å². The summed E-state index contributed by atoms with van der Waals surface area (Å²) in [5.74, 6) is 1.23. The zero-order valence-electron chi connectivity index (χ0n) is 17.5. The molecule has 0 aliphatic carbocycles. The van der Waals surface area contributed by atoms with Gasteiger partial charge in [0.1, 0.15) is 12.4 Å². The maximum absolute atomic E-state index is 12.9. The lowest BCUT2D eigenvalue weighted by Gasteiger charge is -2.35. The largest absolute Gasteiger partial charge is 0.447 e. The molecule has 2 aromatic rings. The second kappa shape index (κ2) is 8.25. The molecule has 0 aromatic carbocycles. The smallest absolute Gasteiger partial charge is 0.415 e. The van der Waals surface area contributed by atoms with E-state index in [1.54, 1.807) is 17.0 Å². The normalized spacial score (nSPS) is 19.2. The van der Waals surface area contributed by atoms with E-state index in [4.69, 9.17) is 4.74 Å². The molecule has 4 rings (SSSR count). The molecule has 2 fully saturated rings. The van der Waals surface area contributed by atoms with Crippen LogP contribution >= 0.6 is 0 Å². The molecule has 158 valence electrons. The van der Waals surface area contributed by atoms with Crippen molar-refractivity contribution in [1.29, 1.82) is 0 Å². The first kappa shape index (κ1) is 20.1. The Bertz CT molecular complexity index is 940. The summed E-state index contributed by atoms with van der Waals surface area (Å²) in [6.07, 6.45) is 2.20. The van der Waals surface area contributed by atoms with Gasteiger partial charge in [-0.05, 0) is 43.5 Å². The molecule has 0 unspecified atom stereocenters. The average molecular weight is 410 g/mol. The molecule has 0 bridgehead atoms. The molecule has 9 nitrogen and oxygen atoms in total. The number of carbonyl (C=O) groups is 2. The molecule has 2 aliphatic rings. The van der Waals surface area contributed by atoms with E-state index in [1.807, 2.05) is 20.0 Å². The number of piperazine rings is 1. The fourth-order valence-electron chi connectivity index (χ4n) is 3.93. The van der Waals surface area contributed by atoms with Crippen LogP contribution in [0, 0.1) is 13.8 Å². The summed E-state index contributed by atoms with van der Waals surface area (Å²) in [6, 6.07) is 5.35. The van der Waals surface area contributed by atoms with Crippen LogP contribution in [0.25, 0.3) is 0 Å². The van der Waals surface area contributed by atoms with Gasteiger partial charge in [0, 0.05) is 32.4 Å². The highest BCUT2D eigenvalue weighted by Crippen LogP contribution is 2.23. The topological polar surface area (TPSA) is 91.8 Å². The van der Waals surface area contributed by atoms with Gasteiger partial charge in [-0.25, -0.2) is 9.78 Å². The Morgan fingerprint density at radius 3 is 2.57 bits per heavy atom. The lowest BCUT2D eigenvalue weighted by atomic mass is 10.2. The van der Waals surface area contributed by atoms with Crippen molar-refractivity contribution in [1.82, 2.24) is 20.1 Å². The molecular weight excluding hydrogens is 384 g/mol. The number of aryl methyl sites for hydroxylation is 2. The predicted octanol–water partition coefficient (Wildman–Crippen LogP) is 2.19. The zero-order valence-corrected chi connectivity index (χ0v) is 17.5. The van der Waals surface area contributed by atoms with Crippen LogP contribution in [0.4, 0.5) is 16.4 Å². The van der Waals surface area contributed by atoms with Crippen LogP contribution in [-0.2, 0) is 4.74 Å². The first-order valence-electron chi connectivity index (χ1n) is 10.2. The van der Waals surface area contributed by atoms with E-state index >= 15 is 0 Å². The van der Waals surface area contributed by atoms with Crippen molar-refractivity contribution in [2.45, 2.75) is 33.2 Å². The Hall–Kier alpha value is -3.23. The lowest BCUT2D eigenvalue weighted by molar-refractivity contribution is 0.0739. The first-order chi connectivity index (χ1) is 14.5. The summed E-state index contributed by atoms with van der Waals surface area (Å²) in [5, 5.41) is 8.20. The highest BCUT2D eigenvalue weighted by Gasteiger charge is 2.34. The summed E-state index contributed by atoms with van der Waals surface area (Å²) in [6.45, 7) is 9.03. The molecule has 2 aliphatic heterocycles. The first-order valence-corrected chi connectivity index (χ1v) is 10.2. The molecule has 0 N–H and O–H groups in total. The van der Waals surface area contributed by atoms with Gasteiger partial charge in [-0.2, -0.15) is 0 Å². The van der Waals surface area contributed by atoms with Crippen molar-refractivity contribution < 1.29 is 14.3 Å². The second-order valence-corrected chi connectivity index (χ2v) is 7.72. The Labute approximate surface area is 175 Å². The number of ether oxygens (including phenoxy) is 1. The SMILES string of the molecule is CC[C@@H]1COC(=O)N1c1ccc(C(=O)N2CCN(c3ncc(C)cc3C)CC2)nn1. The third kappa shape index (κ3) is 3.79. The van der Waals surface area contributed by atoms with E-state index in [1.165, 1.54) is 4.90 Å². The summed E-state index contributed by atoms with van der Waals surface area (Å²) >= 11 is 0. The van der Waals surface area contributed by atoms with Gasteiger partial charge in [0.15, 0.2) is 11.5 Å². The zero-order chi connectivity index (χ0) is 21.3. The molecule has 30 heavy (non-hydrogen) atoms. The number of hydrogen-bond acceptors (Lipinski definition) is 7. The molecule has 1 atom stereocenters. The van der Waals surface area contributed by atoms with Crippen LogP contribution in [-0.4, -0.2) is 70.9 Å². The number of anilines is 2. The minimum atomic E-state index is -0.425. The Morgan fingerprint density at radius 1 is 1.17 bits per heavy atom. The molecular formula is C21H26N6O3. The van der Waals surface area contributed by atoms with Crippen molar-refractivity contribution in [3.63, 3.8) is 0 Å². The van der Waals surface area contributed by atoms with Crippen LogP contribution in [0.15, 0.2) is 24.4 Å². The number of hydrogen-bond donors (Lipinski definition) is 0. The third-order valence-corrected chi connectivity index (χ3v) is 5.60. The highest BCUT2D eigenvalue weighted by atomic mass is 16.6. The van der Waals surface area contributed by atoms with Gasteiger partial charge in [-0.1, -0.05) is 13.0 Å². The van der Waals surface area contributed by atoms with E-state index < -0.39 is 6.09 Å². The number of aromatic nitrogens is 3. The van der Waals surface area contributed by atoms with Gasteiger partial charge in [-0.15, -0.1) is 10.2 Å². The summed E-state index contributed by atoms with van der Waals surface area (Å²) < 4.78 is 5.09. The van der Waals surface area contributed by atoms with E-state index in [-0.39, 0.29) is 17.6 Å². The Kier molecular flexibility index (Phi) is 5.52. The van der Waals surface area contributed by atoms with Gasteiger partial charge in [-0.3, -0.25) is 9.69 Å². The van der Waals surface area contributed by atoms with Gasteiger partial charge in [0.05, 0.1) is 6.04 Å². The van der Waals surface area contributed by atoms with Crippen LogP contribution in [0.3, 0.4) is 0 Å². The number of amides is 2. The van der Waals surface area contributed by atoms with Gasteiger partial charge in [0.25, 0.3) is 5.91 Å². The van der Waals surface area contributed by atoms with Gasteiger partial charge in [0.2, 0.25) is 0 Å². The minimum absolute atomic E-state index is 0.0553. The van der Waals surface area contributed by atoms with Crippen molar-refractivity contribution in [2.24, 2.45) is 0 Å². The Morgan fingerprint density at radius 2 is 1.93 bits per heavy atom. The van der Waals surface area contributed by atoms with E-state index in [9.17, 15) is 9.59 Å². The maximum atomic E-state index is 12.9. The van der Waals surface area contributed by atoms with Gasteiger partial charge >= 0.3 is 6.09 Å². The number of cyclic esters (lactones) is 1. The minimum Gasteiger partial charge on any atom is -0.447 e. The van der Waals surface area contributed by atoms with Crippen LogP contribution in [0.5, 0.6) is 0 Å². The van der Waals surface area contributed by atoms with Crippen LogP contribution in [0.1, 0.15) is 35.0 Å². The fraction of sp³-hybridized carbons (Fsp3) is 0.476. The monoisotopic (exact) mass is 410 g/mol. The predicted molar refractivity (Wildman–Crippen MR) is 112 cm³/mol. The van der Waals surface area contributed by atoms with Crippen LogP contribution < -0.4 is 9.80 Å². The molecule has 2 amide bonds.